The van der Waals surface area contributed by atoms with Crippen molar-refractivity contribution in [3.63, 3.8) is 0 Å². The number of aliphatic imine (C=N–C) groups is 1. The Bertz CT molecular complexity index is 116. The lowest BCUT2D eigenvalue weighted by Gasteiger charge is -2.04. The number of hydrogen-bond donors (Lipinski definition) is 3. The van der Waals surface area contributed by atoms with Gasteiger partial charge in [0, 0.05) is 7.11 Å². The molecule has 0 aliphatic carbocycles. The van der Waals surface area contributed by atoms with E-state index in [2.05, 4.69) is 9.73 Å². The van der Waals surface area contributed by atoms with Gasteiger partial charge in [0.05, 0.1) is 19.3 Å². The first-order chi connectivity index (χ1) is 4.66. The molecule has 0 bridgehead atoms. The molecule has 0 spiro atoms. The van der Waals surface area contributed by atoms with Crippen molar-refractivity contribution in [2.24, 2.45) is 16.5 Å². The van der Waals surface area contributed by atoms with Crippen molar-refractivity contribution in [2.45, 2.75) is 6.10 Å². The Labute approximate surface area is 82.8 Å². The Balaban J connectivity index is 0. The zero-order valence-electron chi connectivity index (χ0n) is 6.36. The van der Waals surface area contributed by atoms with Gasteiger partial charge < -0.3 is 21.3 Å². The smallest absolute Gasteiger partial charge is 0.185 e. The summed E-state index contributed by atoms with van der Waals surface area (Å²) in [4.78, 5) is 3.59. The molecule has 5 N–H and O–H groups in total. The molecule has 0 aromatic carbocycles. The van der Waals surface area contributed by atoms with Crippen LogP contribution in [0.3, 0.4) is 0 Å². The van der Waals surface area contributed by atoms with Gasteiger partial charge in [-0.15, -0.1) is 24.0 Å². The SMILES string of the molecule is COC[C@H](O)CN=C(N)N.I. The van der Waals surface area contributed by atoms with Crippen LogP contribution in [-0.2, 0) is 4.74 Å². The van der Waals surface area contributed by atoms with Gasteiger partial charge >= 0.3 is 0 Å². The molecular weight excluding hydrogens is 261 g/mol. The van der Waals surface area contributed by atoms with Gasteiger partial charge in [-0.3, -0.25) is 4.99 Å². The second-order valence-electron chi connectivity index (χ2n) is 1.87. The zero-order chi connectivity index (χ0) is 7.98. The fraction of sp³-hybridized carbons (Fsp3) is 0.800. The van der Waals surface area contributed by atoms with E-state index in [0.29, 0.717) is 0 Å². The number of nitrogens with two attached hydrogens (primary N) is 2. The van der Waals surface area contributed by atoms with E-state index in [0.717, 1.165) is 0 Å². The number of rotatable bonds is 4. The van der Waals surface area contributed by atoms with Crippen molar-refractivity contribution in [1.82, 2.24) is 0 Å². The van der Waals surface area contributed by atoms with Crippen LogP contribution in [0.4, 0.5) is 0 Å². The molecule has 5 nitrogen and oxygen atoms in total. The van der Waals surface area contributed by atoms with Crippen molar-refractivity contribution in [3.05, 3.63) is 0 Å². The van der Waals surface area contributed by atoms with Crippen molar-refractivity contribution in [1.29, 1.82) is 0 Å². The van der Waals surface area contributed by atoms with Crippen LogP contribution in [0.2, 0.25) is 0 Å². The summed E-state index contributed by atoms with van der Waals surface area (Å²) in [5, 5.41) is 8.95. The largest absolute Gasteiger partial charge is 0.389 e. The quantitative estimate of drug-likeness (QED) is 0.344. The number of nitrogens with zero attached hydrogens (tertiary/aromatic N) is 1. The standard InChI is InChI=1S/C5H13N3O2.HI/c1-10-3-4(9)2-8-5(6)7;/h4,9H,2-3H2,1H3,(H4,6,7,8);1H/t4-;/m1./s1. The summed E-state index contributed by atoms with van der Waals surface area (Å²) < 4.78 is 4.64. The summed E-state index contributed by atoms with van der Waals surface area (Å²) >= 11 is 0. The minimum Gasteiger partial charge on any atom is -0.389 e. The number of halogens is 1. The summed E-state index contributed by atoms with van der Waals surface area (Å²) in [6.45, 7) is 0.437. The molecule has 0 heterocycles. The maximum absolute atomic E-state index is 8.95. The fourth-order valence-corrected chi connectivity index (χ4v) is 0.456. The highest BCUT2D eigenvalue weighted by atomic mass is 127. The van der Waals surface area contributed by atoms with Gasteiger partial charge in [0.2, 0.25) is 0 Å². The summed E-state index contributed by atoms with van der Waals surface area (Å²) in [7, 11) is 1.50. The molecular formula is C5H14IN3O2. The van der Waals surface area contributed by atoms with Crippen molar-refractivity contribution >= 4 is 29.9 Å². The van der Waals surface area contributed by atoms with Gasteiger partial charge in [-0.1, -0.05) is 0 Å². The van der Waals surface area contributed by atoms with Crippen LogP contribution in [0.1, 0.15) is 0 Å². The van der Waals surface area contributed by atoms with Crippen LogP contribution >= 0.6 is 24.0 Å². The molecule has 0 aliphatic rings. The molecule has 68 valence electrons. The Hall–Kier alpha value is -0.0800. The van der Waals surface area contributed by atoms with Gasteiger partial charge in [-0.25, -0.2) is 0 Å². The molecule has 0 aromatic rings. The maximum Gasteiger partial charge on any atom is 0.185 e. The van der Waals surface area contributed by atoms with E-state index in [1.165, 1.54) is 7.11 Å². The minimum atomic E-state index is -0.618. The van der Waals surface area contributed by atoms with Crippen molar-refractivity contribution in [2.75, 3.05) is 20.3 Å². The molecule has 11 heavy (non-hydrogen) atoms. The highest BCUT2D eigenvalue weighted by molar-refractivity contribution is 14.0. The van der Waals surface area contributed by atoms with E-state index in [9.17, 15) is 0 Å². The number of ether oxygens (including phenoxy) is 1. The van der Waals surface area contributed by atoms with Crippen molar-refractivity contribution in [3.8, 4) is 0 Å². The summed E-state index contributed by atoms with van der Waals surface area (Å²) in [6, 6.07) is 0. The lowest BCUT2D eigenvalue weighted by atomic mass is 10.4. The monoisotopic (exact) mass is 275 g/mol. The summed E-state index contributed by atoms with van der Waals surface area (Å²) in [6.07, 6.45) is -0.618. The first-order valence-corrected chi connectivity index (χ1v) is 2.89. The molecule has 6 heteroatoms. The minimum absolute atomic E-state index is 0. The van der Waals surface area contributed by atoms with Crippen LogP contribution in [-0.4, -0.2) is 37.4 Å². The molecule has 0 saturated carbocycles. The van der Waals surface area contributed by atoms with Crippen LogP contribution in [0.15, 0.2) is 4.99 Å². The number of aliphatic hydroxyl groups excluding tert-OH is 1. The normalized spacial score (nSPS) is 11.5. The maximum atomic E-state index is 8.95. The highest BCUT2D eigenvalue weighted by Gasteiger charge is 1.99. The third-order valence-electron chi connectivity index (χ3n) is 0.844. The Morgan fingerprint density at radius 2 is 2.18 bits per heavy atom. The van der Waals surface area contributed by atoms with E-state index in [1.807, 2.05) is 0 Å². The zero-order valence-corrected chi connectivity index (χ0v) is 8.69. The molecule has 1 atom stereocenters. The van der Waals surface area contributed by atoms with Crippen molar-refractivity contribution < 1.29 is 9.84 Å². The van der Waals surface area contributed by atoms with Crippen LogP contribution in [0.25, 0.3) is 0 Å². The number of methoxy groups -OCH3 is 1. The van der Waals surface area contributed by atoms with Gasteiger partial charge in [-0.05, 0) is 0 Å². The van der Waals surface area contributed by atoms with Crippen LogP contribution < -0.4 is 11.5 Å². The Morgan fingerprint density at radius 3 is 2.55 bits per heavy atom. The fourth-order valence-electron chi connectivity index (χ4n) is 0.456. The molecule has 0 radical (unpaired) electrons. The summed E-state index contributed by atoms with van der Waals surface area (Å²) in [5.74, 6) is -0.0184. The molecule has 0 fully saturated rings. The lowest BCUT2D eigenvalue weighted by Crippen LogP contribution is -2.26. The number of hydrogen-bond acceptors (Lipinski definition) is 3. The average molecular weight is 275 g/mol. The predicted octanol–water partition coefficient (Wildman–Crippen LogP) is -1.11. The number of aliphatic hydroxyl groups is 1. The van der Waals surface area contributed by atoms with E-state index in [4.69, 9.17) is 16.6 Å². The van der Waals surface area contributed by atoms with E-state index in [1.54, 1.807) is 0 Å². The first kappa shape index (κ1) is 13.5. The topological polar surface area (TPSA) is 93.9 Å². The molecule has 0 amide bonds. The highest BCUT2D eigenvalue weighted by Crippen LogP contribution is 1.83. The first-order valence-electron chi connectivity index (χ1n) is 2.89. The third-order valence-corrected chi connectivity index (χ3v) is 0.844. The molecule has 0 aromatic heterocycles. The second-order valence-corrected chi connectivity index (χ2v) is 1.87. The van der Waals surface area contributed by atoms with E-state index < -0.39 is 6.10 Å². The molecule has 0 saturated heterocycles. The van der Waals surface area contributed by atoms with Gasteiger partial charge in [0.15, 0.2) is 5.96 Å². The van der Waals surface area contributed by atoms with Crippen LogP contribution in [0.5, 0.6) is 0 Å². The third kappa shape index (κ3) is 9.92. The molecule has 0 unspecified atom stereocenters. The predicted molar refractivity (Wildman–Crippen MR) is 54.0 cm³/mol. The van der Waals surface area contributed by atoms with E-state index in [-0.39, 0.29) is 43.1 Å². The second kappa shape index (κ2) is 8.02. The Kier molecular flexibility index (Phi) is 9.85. The van der Waals surface area contributed by atoms with Gasteiger partial charge in [0.1, 0.15) is 0 Å². The van der Waals surface area contributed by atoms with E-state index >= 15 is 0 Å². The van der Waals surface area contributed by atoms with Gasteiger partial charge in [0.25, 0.3) is 0 Å². The summed E-state index contributed by atoms with van der Waals surface area (Å²) in [5.41, 5.74) is 10.0. The lowest BCUT2D eigenvalue weighted by molar-refractivity contribution is 0.0705. The average Bonchev–Trinajstić information content (AvgIpc) is 1.85. The number of guanidine groups is 1. The molecule has 0 aliphatic heterocycles. The Morgan fingerprint density at radius 1 is 1.64 bits per heavy atom. The van der Waals surface area contributed by atoms with Crippen LogP contribution in [0, 0.1) is 0 Å². The van der Waals surface area contributed by atoms with Gasteiger partial charge in [-0.2, -0.15) is 0 Å². The molecule has 0 rings (SSSR count).